The molecule has 17 heavy (non-hydrogen) atoms. The summed E-state index contributed by atoms with van der Waals surface area (Å²) < 4.78 is 0. The Morgan fingerprint density at radius 1 is 1.18 bits per heavy atom. The van der Waals surface area contributed by atoms with Gasteiger partial charge in [-0.1, -0.05) is 0 Å². The van der Waals surface area contributed by atoms with Crippen molar-refractivity contribution in [1.82, 2.24) is 9.80 Å². The van der Waals surface area contributed by atoms with Crippen LogP contribution in [0.4, 0.5) is 4.79 Å². The molecule has 0 atom stereocenters. The number of rotatable bonds is 1. The molecule has 2 aliphatic heterocycles. The third kappa shape index (κ3) is 3.30. The van der Waals surface area contributed by atoms with Gasteiger partial charge in [-0.15, -0.1) is 0 Å². The standard InChI is InChI=1S/C11H21N2O3P/c1-17(16)8-6-12(7-9-17)10-2-4-13(5-3-10)11(14)15/h10,16H,2-9H2,1H3/p+1. The molecule has 0 saturated carbocycles. The minimum absolute atomic E-state index is 0.519. The van der Waals surface area contributed by atoms with Gasteiger partial charge in [-0.3, -0.25) is 9.79 Å². The summed E-state index contributed by atoms with van der Waals surface area (Å²) in [5, 5.41) is 8.89. The van der Waals surface area contributed by atoms with Gasteiger partial charge in [0.05, 0.1) is 19.0 Å². The number of carbonyl (C=O) groups is 1. The average Bonchev–Trinajstić information content (AvgIpc) is 2.29. The molecule has 2 rings (SSSR count). The van der Waals surface area contributed by atoms with Crippen LogP contribution in [0.1, 0.15) is 12.8 Å². The highest BCUT2D eigenvalue weighted by atomic mass is 31.2. The van der Waals surface area contributed by atoms with E-state index >= 15 is 0 Å². The Kier molecular flexibility index (Phi) is 3.91. The van der Waals surface area contributed by atoms with Crippen molar-refractivity contribution in [1.29, 1.82) is 0 Å². The Morgan fingerprint density at radius 3 is 2.18 bits per heavy atom. The van der Waals surface area contributed by atoms with E-state index in [1.165, 1.54) is 4.90 Å². The first-order valence-corrected chi connectivity index (χ1v) is 8.83. The summed E-state index contributed by atoms with van der Waals surface area (Å²) in [6.45, 7) is 5.29. The van der Waals surface area contributed by atoms with Crippen molar-refractivity contribution in [3.8, 4) is 0 Å². The molecule has 0 aromatic rings. The third-order valence-electron chi connectivity index (χ3n) is 3.99. The topological polar surface area (TPSA) is 64.0 Å². The van der Waals surface area contributed by atoms with Crippen LogP contribution in [0.15, 0.2) is 0 Å². The minimum atomic E-state index is -1.60. The van der Waals surface area contributed by atoms with E-state index in [4.69, 9.17) is 5.11 Å². The third-order valence-corrected chi connectivity index (χ3v) is 6.32. The Bertz CT molecular complexity index is 280. The number of piperidine rings is 1. The molecular formula is C11H22N2O3P+. The molecule has 2 N–H and O–H groups in total. The van der Waals surface area contributed by atoms with E-state index in [-0.39, 0.29) is 0 Å². The Morgan fingerprint density at radius 2 is 1.71 bits per heavy atom. The normalized spacial score (nSPS) is 27.1. The summed E-state index contributed by atoms with van der Waals surface area (Å²) in [4.78, 5) is 24.8. The van der Waals surface area contributed by atoms with Crippen molar-refractivity contribution in [3.05, 3.63) is 0 Å². The Balaban J connectivity index is 1.80. The smallest absolute Gasteiger partial charge is 0.407 e. The molecular weight excluding hydrogens is 239 g/mol. The first-order valence-electron chi connectivity index (χ1n) is 6.27. The largest absolute Gasteiger partial charge is 0.465 e. The van der Waals surface area contributed by atoms with Gasteiger partial charge in [-0.2, -0.15) is 0 Å². The molecule has 2 aliphatic rings. The second kappa shape index (κ2) is 5.09. The van der Waals surface area contributed by atoms with Crippen LogP contribution in [0.25, 0.3) is 0 Å². The van der Waals surface area contributed by atoms with Crippen molar-refractivity contribution in [2.75, 3.05) is 45.2 Å². The van der Waals surface area contributed by atoms with Crippen LogP contribution in [0.3, 0.4) is 0 Å². The van der Waals surface area contributed by atoms with Crippen molar-refractivity contribution in [2.45, 2.75) is 18.9 Å². The fourth-order valence-electron chi connectivity index (χ4n) is 2.70. The second-order valence-corrected chi connectivity index (χ2v) is 8.90. The lowest BCUT2D eigenvalue weighted by Crippen LogP contribution is -2.49. The average molecular weight is 261 g/mol. The summed E-state index contributed by atoms with van der Waals surface area (Å²) in [6, 6.07) is 0.519. The van der Waals surface area contributed by atoms with E-state index in [2.05, 4.69) is 4.90 Å². The fraction of sp³-hybridized carbons (Fsp3) is 0.909. The Hall–Kier alpha value is -0.380. The molecule has 0 radical (unpaired) electrons. The number of carboxylic acid groups (broad SMARTS) is 1. The van der Waals surface area contributed by atoms with E-state index in [1.54, 1.807) is 0 Å². The van der Waals surface area contributed by atoms with Gasteiger partial charge in [-0.05, 0) is 12.8 Å². The minimum Gasteiger partial charge on any atom is -0.465 e. The summed E-state index contributed by atoms with van der Waals surface area (Å²) in [5.74, 6) is 0. The molecule has 0 unspecified atom stereocenters. The molecule has 98 valence electrons. The van der Waals surface area contributed by atoms with Gasteiger partial charge >= 0.3 is 6.09 Å². The van der Waals surface area contributed by atoms with E-state index in [1.807, 2.05) is 6.66 Å². The Labute approximate surface area is 103 Å². The zero-order valence-electron chi connectivity index (χ0n) is 10.4. The van der Waals surface area contributed by atoms with Gasteiger partial charge in [0.25, 0.3) is 0 Å². The quantitative estimate of drug-likeness (QED) is 0.691. The highest BCUT2D eigenvalue weighted by molar-refractivity contribution is 7.69. The van der Waals surface area contributed by atoms with Gasteiger partial charge < -0.3 is 10.0 Å². The lowest BCUT2D eigenvalue weighted by Gasteiger charge is -2.40. The summed E-state index contributed by atoms with van der Waals surface area (Å²) in [6.07, 6.45) is 2.95. The number of amides is 1. The molecule has 2 fully saturated rings. The summed E-state index contributed by atoms with van der Waals surface area (Å²) in [5.41, 5.74) is 0. The van der Waals surface area contributed by atoms with Crippen LogP contribution in [0, 0.1) is 0 Å². The van der Waals surface area contributed by atoms with Gasteiger partial charge in [0.15, 0.2) is 0 Å². The zero-order chi connectivity index (χ0) is 12.5. The van der Waals surface area contributed by atoms with Crippen LogP contribution >= 0.6 is 7.49 Å². The van der Waals surface area contributed by atoms with Crippen molar-refractivity contribution >= 4 is 13.6 Å². The molecule has 2 saturated heterocycles. The molecule has 2 heterocycles. The van der Waals surface area contributed by atoms with E-state index < -0.39 is 13.6 Å². The van der Waals surface area contributed by atoms with Gasteiger partial charge in [0, 0.05) is 32.2 Å². The molecule has 6 heteroatoms. The number of hydrogen-bond donors (Lipinski definition) is 2. The number of likely N-dealkylation sites (tertiary alicyclic amines) is 1. The number of hydrogen-bond acceptors (Lipinski definition) is 3. The van der Waals surface area contributed by atoms with Crippen LogP contribution in [0.5, 0.6) is 0 Å². The highest BCUT2D eigenvalue weighted by Crippen LogP contribution is 2.52. The fourth-order valence-corrected chi connectivity index (χ4v) is 4.30. The SMILES string of the molecule is C[P+]1(O)CCN(C2CCN(C(=O)O)CC2)CC1. The maximum atomic E-state index is 10.8. The first-order chi connectivity index (χ1) is 7.98. The second-order valence-electron chi connectivity index (χ2n) is 5.32. The van der Waals surface area contributed by atoms with E-state index in [9.17, 15) is 9.69 Å². The highest BCUT2D eigenvalue weighted by Gasteiger charge is 2.37. The molecule has 0 aliphatic carbocycles. The van der Waals surface area contributed by atoms with Crippen LogP contribution in [-0.4, -0.2) is 77.1 Å². The molecule has 0 aromatic carbocycles. The molecule has 0 spiro atoms. The van der Waals surface area contributed by atoms with Gasteiger partial charge in [0.1, 0.15) is 7.49 Å². The lowest BCUT2D eigenvalue weighted by molar-refractivity contribution is 0.0983. The maximum Gasteiger partial charge on any atom is 0.407 e. The van der Waals surface area contributed by atoms with E-state index in [0.29, 0.717) is 19.1 Å². The van der Waals surface area contributed by atoms with Crippen molar-refractivity contribution in [3.63, 3.8) is 0 Å². The summed E-state index contributed by atoms with van der Waals surface area (Å²) in [7, 11) is -1.60. The molecule has 0 aromatic heterocycles. The van der Waals surface area contributed by atoms with Crippen LogP contribution in [0.2, 0.25) is 0 Å². The predicted molar refractivity (Wildman–Crippen MR) is 69.0 cm³/mol. The van der Waals surface area contributed by atoms with Crippen LogP contribution in [-0.2, 0) is 0 Å². The van der Waals surface area contributed by atoms with Gasteiger partial charge in [-0.25, -0.2) is 4.79 Å². The zero-order valence-corrected chi connectivity index (χ0v) is 11.3. The summed E-state index contributed by atoms with van der Waals surface area (Å²) >= 11 is 0. The predicted octanol–water partition coefficient (Wildman–Crippen LogP) is 0.999. The molecule has 5 nitrogen and oxygen atoms in total. The van der Waals surface area contributed by atoms with E-state index in [0.717, 1.165) is 38.3 Å². The lowest BCUT2D eigenvalue weighted by atomic mass is 10.0. The molecule has 0 bridgehead atoms. The maximum absolute atomic E-state index is 10.8. The monoisotopic (exact) mass is 261 g/mol. The van der Waals surface area contributed by atoms with Crippen molar-refractivity contribution < 1.29 is 14.8 Å². The number of nitrogens with zero attached hydrogens (tertiary/aromatic N) is 2. The molecule has 1 amide bonds. The first kappa shape index (κ1) is 13.1. The van der Waals surface area contributed by atoms with Gasteiger partial charge in [0.2, 0.25) is 0 Å². The van der Waals surface area contributed by atoms with Crippen molar-refractivity contribution in [2.24, 2.45) is 0 Å². The van der Waals surface area contributed by atoms with Crippen LogP contribution < -0.4 is 0 Å².